The Bertz CT molecular complexity index is 8670. The molecule has 0 radical (unpaired) electrons. The molecule has 16 heterocycles. The number of fused-ring (bicyclic) bond motifs is 9. The van der Waals surface area contributed by atoms with E-state index in [-0.39, 0.29) is 60.1 Å². The number of aromatic nitrogens is 11. The second-order valence-corrected chi connectivity index (χ2v) is 39.4. The predicted molar refractivity (Wildman–Crippen MR) is 573 cm³/mol. The van der Waals surface area contributed by atoms with Gasteiger partial charge in [-0.1, -0.05) is 0 Å². The van der Waals surface area contributed by atoms with Crippen LogP contribution >= 0.6 is 22.7 Å². The van der Waals surface area contributed by atoms with E-state index in [4.69, 9.17) is 30.9 Å². The molecule has 0 N–H and O–H groups in total. The molecule has 0 atom stereocenters. The lowest BCUT2D eigenvalue weighted by molar-refractivity contribution is 0.539. The monoisotopic (exact) mass is 1960 g/mol. The molecule has 0 fully saturated rings. The van der Waals surface area contributed by atoms with Crippen LogP contribution in [0.4, 0.5) is 0 Å². The van der Waals surface area contributed by atoms with Gasteiger partial charge >= 0.3 is 0 Å². The third-order valence-corrected chi connectivity index (χ3v) is 30.6. The summed E-state index contributed by atoms with van der Waals surface area (Å²) in [5.41, 5.74) is 34.8. The van der Waals surface area contributed by atoms with Gasteiger partial charge in [-0.05, 0) is 381 Å². The highest BCUT2D eigenvalue weighted by Crippen LogP contribution is 2.35. The molecular weight excluding hydrogens is 1830 g/mol. The quantitative estimate of drug-likeness (QED) is 0.136. The summed E-state index contributed by atoms with van der Waals surface area (Å²) in [4.78, 5) is 150. The van der Waals surface area contributed by atoms with Crippen molar-refractivity contribution < 1.29 is 30.9 Å². The largest absolute Gasteiger partial charge is 0.461 e. The van der Waals surface area contributed by atoms with Gasteiger partial charge in [0, 0.05) is 92.7 Å². The SMILES string of the molecule is Cc1nc(C)c2oc(C)c(C)c(=O)c2c1C.Cc1nc(C)c2oc(C)c(C)c(=O)c2n1.Cc1nc2c(=O)c(C)c(C)oc2c(C)c1C.Cc1nc2oc(C)c(C)c(=O)c2c(C)c1C.Cc1nc2oc(C)c(C)c(=O)c2nc1C.Cc1nc2sc(C)c(C)c(=O)c2c(C)c1C.Cc1nnc2oc(C)c(C)c(=O)c2n1.Cc1oc2c(C)c(C)c(C)c(C)c2c(=O)c1C.Cc1sc2c(C)c(C)c(C)c(C)c2c(=O)c1C. The van der Waals surface area contributed by atoms with Crippen LogP contribution in [0.25, 0.3) is 98.0 Å². The highest BCUT2D eigenvalue weighted by Gasteiger charge is 2.24. The first-order valence-electron chi connectivity index (χ1n) is 46.7. The molecule has 0 spiro atoms. The van der Waals surface area contributed by atoms with E-state index in [2.05, 4.69) is 96.6 Å². The summed E-state index contributed by atoms with van der Waals surface area (Å²) < 4.78 is 40.2. The molecule has 27 nitrogen and oxygen atoms in total. The van der Waals surface area contributed by atoms with E-state index in [1.165, 1.54) is 32.5 Å². The van der Waals surface area contributed by atoms with Crippen LogP contribution in [0.5, 0.6) is 0 Å². The average molecular weight is 1960 g/mol. The Labute approximate surface area is 832 Å². The number of hydrogen-bond acceptors (Lipinski definition) is 29. The maximum absolute atomic E-state index is 12.4. The molecule has 0 unspecified atom stereocenters. The summed E-state index contributed by atoms with van der Waals surface area (Å²) in [5, 5.41) is 11.3. The molecule has 0 aliphatic rings. The topological polar surface area (TPSA) is 387 Å². The van der Waals surface area contributed by atoms with E-state index >= 15 is 0 Å². The van der Waals surface area contributed by atoms with Crippen LogP contribution < -0.4 is 48.9 Å². The van der Waals surface area contributed by atoms with E-state index in [0.717, 1.165) is 143 Å². The lowest BCUT2D eigenvalue weighted by atomic mass is 9.94. The number of hydrogen-bond donors (Lipinski definition) is 0. The van der Waals surface area contributed by atoms with Gasteiger partial charge in [-0.15, -0.1) is 32.9 Å². The van der Waals surface area contributed by atoms with Crippen LogP contribution in [0, 0.1) is 298 Å². The van der Waals surface area contributed by atoms with E-state index in [1.54, 1.807) is 106 Å². The number of nitrogens with zero attached hydrogens (tertiary/aromatic N) is 11. The Balaban J connectivity index is 0.000000164. The van der Waals surface area contributed by atoms with Crippen molar-refractivity contribution in [1.82, 2.24) is 55.1 Å². The number of rotatable bonds is 0. The van der Waals surface area contributed by atoms with Gasteiger partial charge in [0.05, 0.1) is 44.3 Å². The van der Waals surface area contributed by atoms with Crippen molar-refractivity contribution in [2.24, 2.45) is 0 Å². The fourth-order valence-corrected chi connectivity index (χ4v) is 18.2. The number of aryl methyl sites for hydroxylation is 27. The fraction of sp³-hybridized carbons (Fsp3) is 0.381. The van der Waals surface area contributed by atoms with Gasteiger partial charge in [0.25, 0.3) is 5.71 Å². The van der Waals surface area contributed by atoms with Crippen molar-refractivity contribution in [3.63, 3.8) is 0 Å². The molecule has 0 aliphatic heterocycles. The van der Waals surface area contributed by atoms with E-state index in [0.29, 0.717) is 152 Å². The third-order valence-electron chi connectivity index (χ3n) is 28.2. The van der Waals surface area contributed by atoms with Gasteiger partial charge in [0.1, 0.15) is 62.4 Å². The summed E-state index contributed by atoms with van der Waals surface area (Å²) in [6.45, 7) is 81.7. The Morgan fingerprint density at radius 2 is 0.479 bits per heavy atom. The summed E-state index contributed by atoms with van der Waals surface area (Å²) in [6.07, 6.45) is 0. The van der Waals surface area contributed by atoms with Gasteiger partial charge in [-0.25, -0.2) is 39.9 Å². The second-order valence-electron chi connectivity index (χ2n) is 37.0. The van der Waals surface area contributed by atoms with Gasteiger partial charge in [-0.3, -0.25) is 48.1 Å². The standard InChI is InChI=1S/C15H18O2.C15H18OS.3C13H15NO2.C13H15NOS.2C11H12N2O2.C9H9N3O2/c2*1-7-8(2)10(4)15-13(9(7)3)14(16)11(5)12(6)17-15;1-6-8(3)14-9(4)13-11(6)12(15)7(2)10(5)16-13;1-6-7(2)13-11(14-9(6)4)12(15)8(3)10(5)16-13;2*1-6-7(2)11-12(15)8(3)10(5)16-13(11)14-9(6)4;1-5-8(4)15-11-9(10(5)14)12-6(2)7(3)13-11;1-5-7(3)15-11-6(2)12-8(4)13-9(11)10(5)14;1-4-5(2)14-9-7(8(4)13)10-6(3)11-12-9/h2*1-6H3;4*1-5H3;2*1-4H3;1-3H3. The minimum atomic E-state index is -0.137. The number of benzene rings is 2. The summed E-state index contributed by atoms with van der Waals surface area (Å²) in [7, 11) is 0. The highest BCUT2D eigenvalue weighted by atomic mass is 32.1. The maximum atomic E-state index is 12.4. The van der Waals surface area contributed by atoms with Gasteiger partial charge in [0.2, 0.25) is 33.1 Å². The smallest absolute Gasteiger partial charge is 0.268 e. The first kappa shape index (κ1) is 110. The van der Waals surface area contributed by atoms with E-state index in [9.17, 15) is 43.2 Å². The molecule has 0 bridgehead atoms. The molecule has 2 aromatic carbocycles. The van der Waals surface area contributed by atoms with Gasteiger partial charge < -0.3 is 30.9 Å². The molecule has 0 saturated heterocycles. The Morgan fingerprint density at radius 1 is 0.169 bits per heavy atom. The predicted octanol–water partition coefficient (Wildman–Crippen LogP) is 23.7. The molecule has 18 rings (SSSR count). The van der Waals surface area contributed by atoms with Gasteiger partial charge in [0.15, 0.2) is 66.0 Å². The Morgan fingerprint density at radius 3 is 1.00 bits per heavy atom. The molecule has 142 heavy (non-hydrogen) atoms. The van der Waals surface area contributed by atoms with Gasteiger partial charge in [-0.2, -0.15) is 0 Å². The van der Waals surface area contributed by atoms with Crippen LogP contribution in [-0.4, -0.2) is 55.1 Å². The van der Waals surface area contributed by atoms with E-state index < -0.39 is 0 Å². The van der Waals surface area contributed by atoms with Crippen molar-refractivity contribution in [1.29, 1.82) is 0 Å². The zero-order valence-corrected chi connectivity index (χ0v) is 91.9. The molecule has 744 valence electrons. The molecule has 0 aliphatic carbocycles. The average Bonchev–Trinajstić information content (AvgIpc) is 0.747. The molecule has 29 heteroatoms. The normalized spacial score (nSPS) is 11.0. The third kappa shape index (κ3) is 21.4. The fourth-order valence-electron chi connectivity index (χ4n) is 15.9. The minimum absolute atomic E-state index is 0.0232. The van der Waals surface area contributed by atoms with Crippen LogP contribution in [-0.2, 0) is 0 Å². The molecule has 0 saturated carbocycles. The lowest BCUT2D eigenvalue weighted by Crippen LogP contribution is -2.11. The zero-order chi connectivity index (χ0) is 107. The molecule has 16 aromatic heterocycles. The Kier molecular flexibility index (Phi) is 33.4. The summed E-state index contributed by atoms with van der Waals surface area (Å²) >= 11 is 3.35. The molecular formula is C113H129N11O16S2. The van der Waals surface area contributed by atoms with Crippen molar-refractivity contribution >= 4 is 121 Å². The van der Waals surface area contributed by atoms with Crippen molar-refractivity contribution in [3.05, 3.63) is 333 Å². The Hall–Kier alpha value is -14.1. The second kappa shape index (κ2) is 43.2. The van der Waals surface area contributed by atoms with Crippen LogP contribution in [0.15, 0.2) is 74.1 Å². The highest BCUT2D eigenvalue weighted by molar-refractivity contribution is 7.18. The first-order valence-corrected chi connectivity index (χ1v) is 48.3. The molecule has 18 aromatic rings. The zero-order valence-electron chi connectivity index (χ0n) is 90.3. The summed E-state index contributed by atoms with van der Waals surface area (Å²) in [6, 6.07) is 0. The first-order chi connectivity index (χ1) is 66.0. The van der Waals surface area contributed by atoms with Crippen LogP contribution in [0.1, 0.15) is 241 Å². The van der Waals surface area contributed by atoms with Crippen molar-refractivity contribution in [2.45, 2.75) is 298 Å². The number of pyridine rings is 4. The van der Waals surface area contributed by atoms with Crippen molar-refractivity contribution in [3.8, 4) is 0 Å². The van der Waals surface area contributed by atoms with Crippen LogP contribution in [0.3, 0.4) is 0 Å². The summed E-state index contributed by atoms with van der Waals surface area (Å²) in [5.74, 6) is 5.55. The van der Waals surface area contributed by atoms with Crippen molar-refractivity contribution in [2.75, 3.05) is 0 Å². The minimum Gasteiger partial charge on any atom is -0.461 e. The lowest BCUT2D eigenvalue weighted by Gasteiger charge is -2.14. The van der Waals surface area contributed by atoms with E-state index in [1.807, 2.05) is 173 Å². The van der Waals surface area contributed by atoms with Crippen LogP contribution in [0.2, 0.25) is 0 Å². The molecule has 0 amide bonds. The maximum Gasteiger partial charge on any atom is 0.268 e.